The minimum Gasteiger partial charge on any atom is -0.478 e. The molecule has 1 aromatic carbocycles. The van der Waals surface area contributed by atoms with Crippen molar-refractivity contribution in [2.45, 2.75) is 19.8 Å². The Bertz CT molecular complexity index is 791. The molecule has 20 heavy (non-hydrogen) atoms. The molecule has 2 heterocycles. The summed E-state index contributed by atoms with van der Waals surface area (Å²) < 4.78 is 1.68. The molecule has 3 aromatic rings. The molecular formula is C13H12N4O2S. The third kappa shape index (κ3) is 1.96. The molecule has 0 saturated carbocycles. The first-order chi connectivity index (χ1) is 9.58. The van der Waals surface area contributed by atoms with E-state index in [0.717, 1.165) is 5.82 Å². The molecule has 3 rings (SSSR count). The van der Waals surface area contributed by atoms with E-state index < -0.39 is 5.97 Å². The van der Waals surface area contributed by atoms with Crippen molar-refractivity contribution < 1.29 is 9.90 Å². The van der Waals surface area contributed by atoms with Gasteiger partial charge in [-0.05, 0) is 6.07 Å². The molecule has 0 amide bonds. The topological polar surface area (TPSA) is 80.4 Å². The summed E-state index contributed by atoms with van der Waals surface area (Å²) in [4.78, 5) is 11.9. The lowest BCUT2D eigenvalue weighted by molar-refractivity contribution is 0.0697. The number of aromatic nitrogens is 4. The molecule has 0 saturated heterocycles. The number of hydrogen-bond donors (Lipinski definition) is 1. The molecule has 1 N–H and O–H groups in total. The van der Waals surface area contributed by atoms with E-state index in [9.17, 15) is 9.90 Å². The van der Waals surface area contributed by atoms with Gasteiger partial charge in [-0.15, -0.1) is 10.2 Å². The molecule has 0 radical (unpaired) electrons. The van der Waals surface area contributed by atoms with Crippen LogP contribution < -0.4 is 0 Å². The van der Waals surface area contributed by atoms with Crippen LogP contribution in [-0.4, -0.2) is 30.9 Å². The fourth-order valence-electron chi connectivity index (χ4n) is 1.96. The van der Waals surface area contributed by atoms with E-state index in [0.29, 0.717) is 15.5 Å². The van der Waals surface area contributed by atoms with Crippen LogP contribution in [-0.2, 0) is 0 Å². The normalized spacial score (nSPS) is 11.3. The summed E-state index contributed by atoms with van der Waals surface area (Å²) in [6.45, 7) is 4.03. The van der Waals surface area contributed by atoms with Crippen LogP contribution in [0.2, 0.25) is 0 Å². The second kappa shape index (κ2) is 4.68. The Morgan fingerprint density at radius 2 is 2.05 bits per heavy atom. The van der Waals surface area contributed by atoms with Crippen LogP contribution in [0, 0.1) is 0 Å². The van der Waals surface area contributed by atoms with Gasteiger partial charge in [-0.3, -0.25) is 0 Å². The van der Waals surface area contributed by atoms with Crippen molar-refractivity contribution in [2.75, 3.05) is 0 Å². The van der Waals surface area contributed by atoms with Crippen LogP contribution >= 0.6 is 11.3 Å². The van der Waals surface area contributed by atoms with Crippen LogP contribution in [0.3, 0.4) is 0 Å². The standard InChI is InChI=1S/C13H12N4O2S/c1-7(2)10-14-15-13-17(10)16-11(20-13)8-5-3-4-6-9(8)12(18)19/h3-7H,1-2H3,(H,18,19). The largest absolute Gasteiger partial charge is 0.478 e. The molecule has 0 fully saturated rings. The number of rotatable bonds is 3. The van der Waals surface area contributed by atoms with Crippen LogP contribution in [0.4, 0.5) is 0 Å². The summed E-state index contributed by atoms with van der Waals surface area (Å²) in [5.41, 5.74) is 0.841. The van der Waals surface area contributed by atoms with Crippen molar-refractivity contribution in [3.05, 3.63) is 35.7 Å². The maximum Gasteiger partial charge on any atom is 0.336 e. The Kier molecular flexibility index (Phi) is 2.98. The first-order valence-corrected chi connectivity index (χ1v) is 6.94. The van der Waals surface area contributed by atoms with Gasteiger partial charge in [0, 0.05) is 11.5 Å². The first kappa shape index (κ1) is 12.7. The number of fused-ring (bicyclic) bond motifs is 1. The quantitative estimate of drug-likeness (QED) is 0.801. The first-order valence-electron chi connectivity index (χ1n) is 6.12. The van der Waals surface area contributed by atoms with E-state index >= 15 is 0 Å². The number of carboxylic acids is 1. The molecule has 0 aliphatic carbocycles. The minimum atomic E-state index is -0.962. The molecular weight excluding hydrogens is 276 g/mol. The van der Waals surface area contributed by atoms with Gasteiger partial charge >= 0.3 is 5.97 Å². The van der Waals surface area contributed by atoms with Crippen molar-refractivity contribution in [1.82, 2.24) is 19.8 Å². The van der Waals surface area contributed by atoms with Crippen LogP contribution in [0.15, 0.2) is 24.3 Å². The second-order valence-corrected chi connectivity index (χ2v) is 5.62. The SMILES string of the molecule is CC(C)c1nnc2sc(-c3ccccc3C(=O)O)nn12. The molecule has 0 atom stereocenters. The third-order valence-electron chi connectivity index (χ3n) is 2.92. The van der Waals surface area contributed by atoms with Crippen molar-refractivity contribution in [1.29, 1.82) is 0 Å². The maximum atomic E-state index is 11.3. The molecule has 6 nitrogen and oxygen atoms in total. The Labute approximate surface area is 118 Å². The van der Waals surface area contributed by atoms with Gasteiger partial charge in [0.25, 0.3) is 0 Å². The lowest BCUT2D eigenvalue weighted by Crippen LogP contribution is -2.00. The molecule has 0 aliphatic heterocycles. The molecule has 0 aliphatic rings. The summed E-state index contributed by atoms with van der Waals surface area (Å²) >= 11 is 1.34. The predicted molar refractivity (Wildman–Crippen MR) is 75.1 cm³/mol. The average molecular weight is 288 g/mol. The van der Waals surface area contributed by atoms with Crippen LogP contribution in [0.25, 0.3) is 15.5 Å². The van der Waals surface area contributed by atoms with Crippen LogP contribution in [0.1, 0.15) is 35.9 Å². The zero-order valence-electron chi connectivity index (χ0n) is 10.9. The summed E-state index contributed by atoms with van der Waals surface area (Å²) in [5, 5.41) is 22.5. The van der Waals surface area contributed by atoms with Gasteiger partial charge in [0.15, 0.2) is 5.82 Å². The molecule has 2 aromatic heterocycles. The Morgan fingerprint density at radius 3 is 2.75 bits per heavy atom. The molecule has 0 spiro atoms. The van der Waals surface area contributed by atoms with Crippen molar-refractivity contribution in [3.63, 3.8) is 0 Å². The molecule has 102 valence electrons. The summed E-state index contributed by atoms with van der Waals surface area (Å²) in [6.07, 6.45) is 0. The fourth-order valence-corrected chi connectivity index (χ4v) is 2.84. The lowest BCUT2D eigenvalue weighted by Gasteiger charge is -2.01. The smallest absolute Gasteiger partial charge is 0.336 e. The Balaban J connectivity index is 2.18. The highest BCUT2D eigenvalue weighted by molar-refractivity contribution is 7.19. The van der Waals surface area contributed by atoms with E-state index in [1.807, 2.05) is 13.8 Å². The van der Waals surface area contributed by atoms with E-state index in [-0.39, 0.29) is 11.5 Å². The summed E-state index contributed by atoms with van der Waals surface area (Å²) in [6, 6.07) is 6.83. The van der Waals surface area contributed by atoms with Crippen molar-refractivity contribution in [3.8, 4) is 10.6 Å². The van der Waals surface area contributed by atoms with Gasteiger partial charge in [0.2, 0.25) is 4.96 Å². The van der Waals surface area contributed by atoms with Crippen LogP contribution in [0.5, 0.6) is 0 Å². The molecule has 0 unspecified atom stereocenters. The number of carboxylic acid groups (broad SMARTS) is 1. The highest BCUT2D eigenvalue weighted by atomic mass is 32.1. The number of aromatic carboxylic acids is 1. The van der Waals surface area contributed by atoms with E-state index in [1.165, 1.54) is 11.3 Å². The van der Waals surface area contributed by atoms with Gasteiger partial charge < -0.3 is 5.11 Å². The lowest BCUT2D eigenvalue weighted by atomic mass is 10.1. The number of benzene rings is 1. The fraction of sp³-hybridized carbons (Fsp3) is 0.231. The highest BCUT2D eigenvalue weighted by Crippen LogP contribution is 2.29. The Morgan fingerprint density at radius 1 is 1.30 bits per heavy atom. The van der Waals surface area contributed by atoms with E-state index in [2.05, 4.69) is 15.3 Å². The maximum absolute atomic E-state index is 11.3. The summed E-state index contributed by atoms with van der Waals surface area (Å²) in [5.74, 6) is 0.0145. The number of hydrogen-bond acceptors (Lipinski definition) is 5. The Hall–Kier alpha value is -2.28. The second-order valence-electron chi connectivity index (χ2n) is 4.67. The number of nitrogens with zero attached hydrogens (tertiary/aromatic N) is 4. The average Bonchev–Trinajstić information content (AvgIpc) is 2.97. The van der Waals surface area contributed by atoms with Gasteiger partial charge in [-0.25, -0.2) is 4.79 Å². The van der Waals surface area contributed by atoms with Gasteiger partial charge in [-0.1, -0.05) is 43.4 Å². The third-order valence-corrected chi connectivity index (χ3v) is 3.85. The minimum absolute atomic E-state index is 0.203. The molecule has 7 heteroatoms. The van der Waals surface area contributed by atoms with Crippen molar-refractivity contribution in [2.24, 2.45) is 0 Å². The van der Waals surface area contributed by atoms with E-state index in [4.69, 9.17) is 0 Å². The zero-order chi connectivity index (χ0) is 14.3. The predicted octanol–water partition coefficient (Wildman–Crippen LogP) is 2.67. The zero-order valence-corrected chi connectivity index (χ0v) is 11.8. The summed E-state index contributed by atoms with van der Waals surface area (Å²) in [7, 11) is 0. The monoisotopic (exact) mass is 288 g/mol. The van der Waals surface area contributed by atoms with E-state index in [1.54, 1.807) is 28.8 Å². The molecule has 0 bridgehead atoms. The van der Waals surface area contributed by atoms with Gasteiger partial charge in [0.05, 0.1) is 5.56 Å². The highest BCUT2D eigenvalue weighted by Gasteiger charge is 2.18. The number of carbonyl (C=O) groups is 1. The van der Waals surface area contributed by atoms with Crippen molar-refractivity contribution >= 4 is 22.3 Å². The van der Waals surface area contributed by atoms with Gasteiger partial charge in [0.1, 0.15) is 5.01 Å². The van der Waals surface area contributed by atoms with Gasteiger partial charge in [-0.2, -0.15) is 9.61 Å².